The van der Waals surface area contributed by atoms with Crippen molar-refractivity contribution in [3.63, 3.8) is 0 Å². The molecule has 0 spiro atoms. The molecule has 0 fully saturated rings. The average Bonchev–Trinajstić information content (AvgIpc) is 3.12. The number of carbonyl (C=O) groups excluding carboxylic acids is 2. The second kappa shape index (κ2) is 9.54. The van der Waals surface area contributed by atoms with Crippen molar-refractivity contribution >= 4 is 22.7 Å². The van der Waals surface area contributed by atoms with E-state index in [-0.39, 0.29) is 17.1 Å². The largest absolute Gasteiger partial charge is 0.449 e. The maximum absolute atomic E-state index is 13.1. The highest BCUT2D eigenvalue weighted by molar-refractivity contribution is 6.02. The van der Waals surface area contributed by atoms with E-state index in [1.165, 1.54) is 19.1 Å². The molecule has 0 aliphatic heterocycles. The molecule has 0 radical (unpaired) electrons. The zero-order valence-corrected chi connectivity index (χ0v) is 19.1. The minimum absolute atomic E-state index is 0.0170. The number of carbonyl (C=O) groups is 2. The molecule has 0 N–H and O–H groups in total. The highest BCUT2D eigenvalue weighted by Crippen LogP contribution is 2.25. The van der Waals surface area contributed by atoms with Gasteiger partial charge >= 0.3 is 12.6 Å². The predicted molar refractivity (Wildman–Crippen MR) is 124 cm³/mol. The lowest BCUT2D eigenvalue weighted by Crippen LogP contribution is -2.25. The Morgan fingerprint density at radius 1 is 1.00 bits per heavy atom. The van der Waals surface area contributed by atoms with E-state index in [1.807, 2.05) is 0 Å². The number of nitrogens with zero attached hydrogens (tertiary/aromatic N) is 1. The number of hydrogen-bond donors (Lipinski definition) is 0. The molecule has 0 aliphatic rings. The fraction of sp³-hybridized carbons (Fsp3) is 0.192. The third kappa shape index (κ3) is 4.84. The van der Waals surface area contributed by atoms with Crippen LogP contribution in [0.1, 0.15) is 39.2 Å². The molecule has 180 valence electrons. The van der Waals surface area contributed by atoms with Crippen LogP contribution in [0.4, 0.5) is 8.78 Å². The maximum atomic E-state index is 13.1. The van der Waals surface area contributed by atoms with Gasteiger partial charge in [0.2, 0.25) is 11.5 Å². The molecule has 2 heterocycles. The Bertz CT molecular complexity index is 1470. The standard InChI is InChI=1S/C26H21F2NO6/c1-14-12-20(15(2)29(14)17-8-10-18(11-9-17)34-26(27)28)24(31)16(3)33-25(32)23-13-21(30)19-6-4-5-7-22(19)35-23/h4-13,16,26H,1-3H3/t16-/m1/s1. The molecular weight excluding hydrogens is 460 g/mol. The van der Waals surface area contributed by atoms with Crippen LogP contribution in [0.3, 0.4) is 0 Å². The zero-order chi connectivity index (χ0) is 25.3. The summed E-state index contributed by atoms with van der Waals surface area (Å²) in [6.45, 7) is 2.02. The van der Waals surface area contributed by atoms with Crippen LogP contribution in [0.5, 0.6) is 5.75 Å². The highest BCUT2D eigenvalue weighted by Gasteiger charge is 2.26. The molecule has 7 nitrogen and oxygen atoms in total. The van der Waals surface area contributed by atoms with E-state index in [0.29, 0.717) is 28.0 Å². The Morgan fingerprint density at radius 2 is 1.69 bits per heavy atom. The summed E-state index contributed by atoms with van der Waals surface area (Å²) in [6.07, 6.45) is -1.16. The minimum atomic E-state index is -2.92. The SMILES string of the molecule is Cc1cc(C(=O)[C@@H](C)OC(=O)c2cc(=O)c3ccccc3o2)c(C)n1-c1ccc(OC(F)F)cc1. The van der Waals surface area contributed by atoms with Crippen molar-refractivity contribution < 1.29 is 32.3 Å². The molecule has 0 saturated heterocycles. The smallest absolute Gasteiger partial charge is 0.387 e. The number of hydrogen-bond acceptors (Lipinski definition) is 6. The number of Topliss-reactive ketones (excluding diaryl/α,β-unsaturated/α-hetero) is 1. The Balaban J connectivity index is 1.55. The van der Waals surface area contributed by atoms with Crippen LogP contribution in [-0.4, -0.2) is 29.0 Å². The van der Waals surface area contributed by atoms with E-state index >= 15 is 0 Å². The third-order valence-electron chi connectivity index (χ3n) is 5.51. The molecule has 4 rings (SSSR count). The van der Waals surface area contributed by atoms with Gasteiger partial charge in [0.1, 0.15) is 11.3 Å². The molecule has 2 aromatic heterocycles. The lowest BCUT2D eigenvalue weighted by molar-refractivity contribution is -0.0498. The first kappa shape index (κ1) is 23.9. The fourth-order valence-corrected chi connectivity index (χ4v) is 3.88. The Hall–Kier alpha value is -4.27. The number of rotatable bonds is 7. The van der Waals surface area contributed by atoms with Crippen LogP contribution in [0.25, 0.3) is 16.7 Å². The van der Waals surface area contributed by atoms with Crippen LogP contribution >= 0.6 is 0 Å². The number of aryl methyl sites for hydroxylation is 1. The summed E-state index contributed by atoms with van der Waals surface area (Å²) in [5, 5.41) is 0.328. The molecule has 35 heavy (non-hydrogen) atoms. The van der Waals surface area contributed by atoms with Gasteiger partial charge in [-0.05, 0) is 63.2 Å². The Labute approximate surface area is 198 Å². The summed E-state index contributed by atoms with van der Waals surface area (Å²) in [5.74, 6) is -1.66. The molecule has 0 amide bonds. The number of para-hydroxylation sites is 1. The van der Waals surface area contributed by atoms with Gasteiger partial charge in [-0.1, -0.05) is 12.1 Å². The molecule has 4 aromatic rings. The first-order chi connectivity index (χ1) is 16.7. The van der Waals surface area contributed by atoms with E-state index < -0.39 is 29.9 Å². The van der Waals surface area contributed by atoms with Gasteiger partial charge in [0.25, 0.3) is 0 Å². The number of ether oxygens (including phenoxy) is 2. The third-order valence-corrected chi connectivity index (χ3v) is 5.51. The summed E-state index contributed by atoms with van der Waals surface area (Å²) in [4.78, 5) is 37.9. The Morgan fingerprint density at radius 3 is 2.37 bits per heavy atom. The van der Waals surface area contributed by atoms with Gasteiger partial charge in [0.15, 0.2) is 11.5 Å². The summed E-state index contributed by atoms with van der Waals surface area (Å²) in [5.41, 5.74) is 2.10. The molecule has 0 bridgehead atoms. The number of alkyl halides is 2. The van der Waals surface area contributed by atoms with Crippen LogP contribution in [0, 0.1) is 13.8 Å². The van der Waals surface area contributed by atoms with Crippen LogP contribution < -0.4 is 10.2 Å². The van der Waals surface area contributed by atoms with Crippen LogP contribution in [0.15, 0.2) is 69.9 Å². The maximum Gasteiger partial charge on any atom is 0.387 e. The summed E-state index contributed by atoms with van der Waals surface area (Å²) < 4.78 is 41.7. The van der Waals surface area contributed by atoms with Crippen LogP contribution in [-0.2, 0) is 4.74 Å². The van der Waals surface area contributed by atoms with Crippen molar-refractivity contribution in [3.8, 4) is 11.4 Å². The van der Waals surface area contributed by atoms with Gasteiger partial charge in [-0.15, -0.1) is 0 Å². The molecular formula is C26H21F2NO6. The normalized spacial score (nSPS) is 12.1. The topological polar surface area (TPSA) is 87.7 Å². The number of ketones is 1. The van der Waals surface area contributed by atoms with Gasteiger partial charge in [-0.2, -0.15) is 8.78 Å². The zero-order valence-electron chi connectivity index (χ0n) is 19.1. The first-order valence-electron chi connectivity index (χ1n) is 10.7. The second-order valence-electron chi connectivity index (χ2n) is 7.88. The highest BCUT2D eigenvalue weighted by atomic mass is 19.3. The lowest BCUT2D eigenvalue weighted by atomic mass is 10.1. The number of esters is 1. The molecule has 2 aromatic carbocycles. The van der Waals surface area contributed by atoms with E-state index in [1.54, 1.807) is 60.9 Å². The Kier molecular flexibility index (Phi) is 6.50. The van der Waals surface area contributed by atoms with E-state index in [2.05, 4.69) is 4.74 Å². The second-order valence-corrected chi connectivity index (χ2v) is 7.88. The van der Waals surface area contributed by atoms with Gasteiger partial charge in [-0.3, -0.25) is 9.59 Å². The summed E-state index contributed by atoms with van der Waals surface area (Å²) >= 11 is 0. The molecule has 9 heteroatoms. The van der Waals surface area contributed by atoms with E-state index in [4.69, 9.17) is 9.15 Å². The van der Waals surface area contributed by atoms with Gasteiger partial charge in [-0.25, -0.2) is 4.79 Å². The fourth-order valence-electron chi connectivity index (χ4n) is 3.88. The first-order valence-corrected chi connectivity index (χ1v) is 10.7. The molecule has 0 saturated carbocycles. The molecule has 0 aliphatic carbocycles. The van der Waals surface area contributed by atoms with E-state index in [0.717, 1.165) is 6.07 Å². The molecule has 1 atom stereocenters. The molecule has 0 unspecified atom stereocenters. The van der Waals surface area contributed by atoms with Gasteiger partial charge < -0.3 is 18.5 Å². The monoisotopic (exact) mass is 481 g/mol. The van der Waals surface area contributed by atoms with Crippen LogP contribution in [0.2, 0.25) is 0 Å². The van der Waals surface area contributed by atoms with Crippen molar-refractivity contribution in [2.24, 2.45) is 0 Å². The number of fused-ring (bicyclic) bond motifs is 1. The van der Waals surface area contributed by atoms with Crippen molar-refractivity contribution in [2.45, 2.75) is 33.5 Å². The minimum Gasteiger partial charge on any atom is -0.449 e. The summed E-state index contributed by atoms with van der Waals surface area (Å²) in [6, 6.07) is 15.2. The number of benzene rings is 2. The summed E-state index contributed by atoms with van der Waals surface area (Å²) in [7, 11) is 0. The van der Waals surface area contributed by atoms with Crippen molar-refractivity contribution in [3.05, 3.63) is 93.6 Å². The predicted octanol–water partition coefficient (Wildman–Crippen LogP) is 5.23. The average molecular weight is 481 g/mol. The van der Waals surface area contributed by atoms with Gasteiger partial charge in [0.05, 0.1) is 5.39 Å². The van der Waals surface area contributed by atoms with E-state index in [9.17, 15) is 23.2 Å². The van der Waals surface area contributed by atoms with Gasteiger partial charge in [0, 0.05) is 28.7 Å². The van der Waals surface area contributed by atoms with Crippen molar-refractivity contribution in [2.75, 3.05) is 0 Å². The lowest BCUT2D eigenvalue weighted by Gasteiger charge is -2.13. The van der Waals surface area contributed by atoms with Crippen molar-refractivity contribution in [1.82, 2.24) is 4.57 Å². The number of halogens is 2. The number of aromatic nitrogens is 1. The van der Waals surface area contributed by atoms with Crippen molar-refractivity contribution in [1.29, 1.82) is 0 Å². The quantitative estimate of drug-likeness (QED) is 0.265.